The van der Waals surface area contributed by atoms with Crippen molar-refractivity contribution in [2.24, 2.45) is 5.92 Å². The zero-order valence-corrected chi connectivity index (χ0v) is 15.2. The van der Waals surface area contributed by atoms with Crippen molar-refractivity contribution < 1.29 is 31.1 Å². The maximum atomic E-state index is 13.2. The molecule has 1 saturated carbocycles. The summed E-state index contributed by atoms with van der Waals surface area (Å²) >= 11 is 0. The smallest absolute Gasteiger partial charge is 0.417 e. The second kappa shape index (κ2) is 7.38. The van der Waals surface area contributed by atoms with E-state index in [-0.39, 0.29) is 12.0 Å². The second-order valence-electron chi connectivity index (χ2n) is 6.69. The predicted octanol–water partition coefficient (Wildman–Crippen LogP) is 1.17. The molecule has 11 heteroatoms. The number of hydrogen-bond donors (Lipinski definition) is 3. The van der Waals surface area contributed by atoms with E-state index in [4.69, 9.17) is 4.74 Å². The van der Waals surface area contributed by atoms with Crippen molar-refractivity contribution in [3.05, 3.63) is 29.8 Å². The number of halogens is 3. The summed E-state index contributed by atoms with van der Waals surface area (Å²) in [4.78, 5) is 11.0. The van der Waals surface area contributed by atoms with Crippen LogP contribution < -0.4 is 15.6 Å². The molecule has 2 aliphatic rings. The highest BCUT2D eigenvalue weighted by atomic mass is 32.2. The number of hydrogen-bond acceptors (Lipinski definition) is 6. The van der Waals surface area contributed by atoms with Gasteiger partial charge in [0.05, 0.1) is 17.6 Å². The fourth-order valence-electron chi connectivity index (χ4n) is 3.74. The zero-order chi connectivity index (χ0) is 19.8. The van der Waals surface area contributed by atoms with E-state index in [1.54, 1.807) is 0 Å². The maximum Gasteiger partial charge on any atom is 0.417 e. The number of sulfonamides is 1. The minimum Gasteiger partial charge on any atom is -0.468 e. The fraction of sp³-hybridized carbons (Fsp3) is 0.562. The van der Waals surface area contributed by atoms with Crippen molar-refractivity contribution in [1.82, 2.24) is 15.6 Å². The Kier molecular flexibility index (Phi) is 5.48. The van der Waals surface area contributed by atoms with Gasteiger partial charge >= 0.3 is 12.1 Å². The van der Waals surface area contributed by atoms with Crippen molar-refractivity contribution in [3.8, 4) is 0 Å². The van der Waals surface area contributed by atoms with Gasteiger partial charge < -0.3 is 4.74 Å². The molecule has 1 saturated heterocycles. The molecule has 0 amide bonds. The number of carbonyl (C=O) groups is 1. The largest absolute Gasteiger partial charge is 0.468 e. The Bertz CT molecular complexity index is 815. The molecular weight excluding hydrogens is 387 g/mol. The van der Waals surface area contributed by atoms with Crippen LogP contribution in [0.4, 0.5) is 13.2 Å². The van der Waals surface area contributed by atoms with Gasteiger partial charge in [0, 0.05) is 18.0 Å². The Balaban J connectivity index is 1.79. The minimum atomic E-state index is -4.78. The van der Waals surface area contributed by atoms with Gasteiger partial charge in [-0.1, -0.05) is 12.1 Å². The molecular formula is C16H20F3N3O4S. The van der Waals surface area contributed by atoms with Crippen molar-refractivity contribution >= 4 is 16.0 Å². The average Bonchev–Trinajstić information content (AvgIpc) is 3.03. The van der Waals surface area contributed by atoms with Gasteiger partial charge in [-0.15, -0.1) is 0 Å². The third-order valence-electron chi connectivity index (χ3n) is 5.01. The van der Waals surface area contributed by atoms with Crippen molar-refractivity contribution in [3.63, 3.8) is 0 Å². The molecule has 2 fully saturated rings. The number of carbonyl (C=O) groups excluding carboxylic acids is 1. The normalized spacial score (nSPS) is 28.6. The topological polar surface area (TPSA) is 96.5 Å². The van der Waals surface area contributed by atoms with Crippen molar-refractivity contribution in [2.45, 2.75) is 48.5 Å². The molecule has 1 aromatic carbocycles. The van der Waals surface area contributed by atoms with Crippen LogP contribution in [0.25, 0.3) is 0 Å². The molecule has 150 valence electrons. The van der Waals surface area contributed by atoms with Crippen LogP contribution in [-0.4, -0.2) is 39.6 Å². The molecule has 1 aliphatic heterocycles. The van der Waals surface area contributed by atoms with Gasteiger partial charge in [0.2, 0.25) is 10.0 Å². The number of ether oxygens (including phenoxy) is 1. The first-order valence-electron chi connectivity index (χ1n) is 8.41. The number of hydrazine groups is 1. The summed E-state index contributed by atoms with van der Waals surface area (Å²) in [7, 11) is -3.11. The fourth-order valence-corrected chi connectivity index (χ4v) is 5.25. The predicted molar refractivity (Wildman–Crippen MR) is 88.8 cm³/mol. The third-order valence-corrected chi connectivity index (χ3v) is 6.59. The van der Waals surface area contributed by atoms with Crippen LogP contribution >= 0.6 is 0 Å². The van der Waals surface area contributed by atoms with Crippen LogP contribution in [0.15, 0.2) is 29.2 Å². The highest BCUT2D eigenvalue weighted by molar-refractivity contribution is 7.89. The summed E-state index contributed by atoms with van der Waals surface area (Å²) in [6.45, 7) is 0. The number of nitrogens with one attached hydrogen (secondary N) is 3. The average molecular weight is 407 g/mol. The van der Waals surface area contributed by atoms with Gasteiger partial charge in [0.1, 0.15) is 6.04 Å². The van der Waals surface area contributed by atoms with E-state index in [1.165, 1.54) is 13.2 Å². The molecule has 3 N–H and O–H groups in total. The van der Waals surface area contributed by atoms with Gasteiger partial charge in [0.15, 0.2) is 0 Å². The van der Waals surface area contributed by atoms with E-state index < -0.39 is 44.7 Å². The number of benzene rings is 1. The SMILES string of the molecule is COC(=O)C1NNC2CCC(NS(=O)(=O)c3ccccc3C(F)(F)F)CC21. The molecule has 0 radical (unpaired) electrons. The van der Waals surface area contributed by atoms with Crippen LogP contribution in [-0.2, 0) is 25.7 Å². The van der Waals surface area contributed by atoms with Gasteiger partial charge in [0.25, 0.3) is 0 Å². The standard InChI is InChI=1S/C16H20F3N3O4S/c1-26-15(23)14-10-8-9(6-7-12(10)20-21-14)22-27(24,25)13-5-3-2-4-11(13)16(17,18)19/h2-5,9-10,12,14,20-22H,6-8H2,1H3. The lowest BCUT2D eigenvalue weighted by Crippen LogP contribution is -2.46. The van der Waals surface area contributed by atoms with E-state index in [0.29, 0.717) is 19.3 Å². The molecule has 4 atom stereocenters. The molecule has 0 spiro atoms. The molecule has 0 bridgehead atoms. The Morgan fingerprint density at radius 1 is 1.22 bits per heavy atom. The Morgan fingerprint density at radius 3 is 2.59 bits per heavy atom. The molecule has 1 heterocycles. The zero-order valence-electron chi connectivity index (χ0n) is 14.4. The number of esters is 1. The van der Waals surface area contributed by atoms with Crippen LogP contribution in [0.2, 0.25) is 0 Å². The lowest BCUT2D eigenvalue weighted by Gasteiger charge is -2.32. The second-order valence-corrected chi connectivity index (χ2v) is 8.37. The molecule has 3 rings (SSSR count). The lowest BCUT2D eigenvalue weighted by atomic mass is 9.79. The number of alkyl halides is 3. The van der Waals surface area contributed by atoms with Crippen LogP contribution in [0.5, 0.6) is 0 Å². The van der Waals surface area contributed by atoms with E-state index in [2.05, 4.69) is 15.6 Å². The summed E-state index contributed by atoms with van der Waals surface area (Å²) in [6, 6.07) is 2.83. The van der Waals surface area contributed by atoms with Gasteiger partial charge in [-0.05, 0) is 31.4 Å². The van der Waals surface area contributed by atoms with E-state index in [1.807, 2.05) is 0 Å². The number of methoxy groups -OCH3 is 1. The first-order valence-corrected chi connectivity index (χ1v) is 9.89. The first-order chi connectivity index (χ1) is 12.6. The van der Waals surface area contributed by atoms with Crippen LogP contribution in [0, 0.1) is 5.92 Å². The summed E-state index contributed by atoms with van der Waals surface area (Å²) < 4.78 is 71.8. The van der Waals surface area contributed by atoms with Crippen molar-refractivity contribution in [1.29, 1.82) is 0 Å². The monoisotopic (exact) mass is 407 g/mol. The summed E-state index contributed by atoms with van der Waals surface area (Å²) in [6.07, 6.45) is -3.47. The third kappa shape index (κ3) is 4.10. The van der Waals surface area contributed by atoms with Gasteiger partial charge in [-0.3, -0.25) is 10.2 Å². The quantitative estimate of drug-likeness (QED) is 0.649. The molecule has 4 unspecified atom stereocenters. The molecule has 0 aromatic heterocycles. The first kappa shape index (κ1) is 20.1. The Morgan fingerprint density at radius 2 is 1.93 bits per heavy atom. The number of rotatable bonds is 4. The van der Waals surface area contributed by atoms with Crippen LogP contribution in [0.1, 0.15) is 24.8 Å². The van der Waals surface area contributed by atoms with E-state index in [9.17, 15) is 26.4 Å². The summed E-state index contributed by atoms with van der Waals surface area (Å²) in [5.74, 6) is -0.697. The summed E-state index contributed by atoms with van der Waals surface area (Å²) in [5.41, 5.74) is 4.63. The maximum absolute atomic E-state index is 13.2. The van der Waals surface area contributed by atoms with Crippen LogP contribution in [0.3, 0.4) is 0 Å². The molecule has 1 aromatic rings. The Labute approximate surface area is 154 Å². The van der Waals surface area contributed by atoms with E-state index in [0.717, 1.165) is 18.2 Å². The molecule has 7 nitrogen and oxygen atoms in total. The summed E-state index contributed by atoms with van der Waals surface area (Å²) in [5, 5.41) is 0. The lowest BCUT2D eigenvalue weighted by molar-refractivity contribution is -0.144. The van der Waals surface area contributed by atoms with Gasteiger partial charge in [-0.2, -0.15) is 13.2 Å². The minimum absolute atomic E-state index is 0.0303. The molecule has 27 heavy (non-hydrogen) atoms. The Hall–Kier alpha value is -1.69. The highest BCUT2D eigenvalue weighted by Gasteiger charge is 2.45. The van der Waals surface area contributed by atoms with Crippen molar-refractivity contribution in [2.75, 3.05) is 7.11 Å². The van der Waals surface area contributed by atoms with E-state index >= 15 is 0 Å². The molecule has 1 aliphatic carbocycles. The number of fused-ring (bicyclic) bond motifs is 1. The van der Waals surface area contributed by atoms with Gasteiger partial charge in [-0.25, -0.2) is 18.6 Å². The highest BCUT2D eigenvalue weighted by Crippen LogP contribution is 2.35.